The molecule has 1 atom stereocenters. The third kappa shape index (κ3) is 4.71. The van der Waals surface area contributed by atoms with Crippen molar-refractivity contribution >= 4 is 45.8 Å². The van der Waals surface area contributed by atoms with Crippen LogP contribution in [0.2, 0.25) is 5.02 Å². The number of nitrogen functional groups attached to an aromatic ring is 1. The zero-order valence-electron chi connectivity index (χ0n) is 17.4. The van der Waals surface area contributed by atoms with Crippen LogP contribution in [-0.4, -0.2) is 37.5 Å². The van der Waals surface area contributed by atoms with Crippen molar-refractivity contribution in [1.29, 1.82) is 0 Å². The molecule has 2 heterocycles. The molecule has 0 aliphatic rings. The molecule has 0 amide bonds. The Bertz CT molecular complexity index is 993. The van der Waals surface area contributed by atoms with E-state index < -0.39 is 6.10 Å². The zero-order chi connectivity index (χ0) is 21.3. The standard InChI is InChI=1S/C20H28ClN7O/c1-10(2)16-17-18(28(27-16)11(3)4)19(26-20(25-17)23-9-12(5)29)24-15-7-13(21)6-14(22)8-15/h6-8,10-12,29H,9,22H2,1-5H3,(H2,23,24,25,26). The van der Waals surface area contributed by atoms with Crippen molar-refractivity contribution in [1.82, 2.24) is 19.7 Å². The molecule has 2 aromatic heterocycles. The number of nitrogens with zero attached hydrogens (tertiary/aromatic N) is 4. The Morgan fingerprint density at radius 3 is 2.45 bits per heavy atom. The van der Waals surface area contributed by atoms with Crippen LogP contribution in [-0.2, 0) is 0 Å². The van der Waals surface area contributed by atoms with Crippen LogP contribution in [0.5, 0.6) is 0 Å². The van der Waals surface area contributed by atoms with Gasteiger partial charge in [0.05, 0.1) is 11.8 Å². The molecule has 8 nitrogen and oxygen atoms in total. The van der Waals surface area contributed by atoms with Gasteiger partial charge < -0.3 is 21.5 Å². The highest BCUT2D eigenvalue weighted by molar-refractivity contribution is 6.31. The number of halogens is 1. The van der Waals surface area contributed by atoms with Gasteiger partial charge in [-0.15, -0.1) is 0 Å². The van der Waals surface area contributed by atoms with Gasteiger partial charge in [0.25, 0.3) is 0 Å². The minimum Gasteiger partial charge on any atom is -0.399 e. The van der Waals surface area contributed by atoms with Gasteiger partial charge in [-0.25, -0.2) is 4.98 Å². The Hall–Kier alpha value is -2.58. The maximum Gasteiger partial charge on any atom is 0.225 e. The monoisotopic (exact) mass is 417 g/mol. The Morgan fingerprint density at radius 1 is 1.14 bits per heavy atom. The van der Waals surface area contributed by atoms with E-state index in [1.54, 1.807) is 25.1 Å². The van der Waals surface area contributed by atoms with E-state index in [1.165, 1.54) is 0 Å². The fourth-order valence-electron chi connectivity index (χ4n) is 3.05. The van der Waals surface area contributed by atoms with Crippen LogP contribution in [0, 0.1) is 0 Å². The lowest BCUT2D eigenvalue weighted by molar-refractivity contribution is 0.208. The first kappa shape index (κ1) is 21.1. The minimum absolute atomic E-state index is 0.120. The molecule has 1 unspecified atom stereocenters. The molecule has 0 aliphatic carbocycles. The van der Waals surface area contributed by atoms with E-state index in [0.717, 1.165) is 22.4 Å². The van der Waals surface area contributed by atoms with E-state index >= 15 is 0 Å². The lowest BCUT2D eigenvalue weighted by Crippen LogP contribution is -2.17. The van der Waals surface area contributed by atoms with E-state index in [-0.39, 0.29) is 12.0 Å². The van der Waals surface area contributed by atoms with E-state index in [2.05, 4.69) is 43.3 Å². The molecule has 0 bridgehead atoms. The average molecular weight is 418 g/mol. The minimum atomic E-state index is -0.526. The summed E-state index contributed by atoms with van der Waals surface area (Å²) in [7, 11) is 0. The van der Waals surface area contributed by atoms with E-state index in [1.807, 2.05) is 4.68 Å². The summed E-state index contributed by atoms with van der Waals surface area (Å²) >= 11 is 6.17. The molecular weight excluding hydrogens is 390 g/mol. The summed E-state index contributed by atoms with van der Waals surface area (Å²) in [6.07, 6.45) is -0.526. The van der Waals surface area contributed by atoms with Crippen LogP contribution >= 0.6 is 11.6 Å². The van der Waals surface area contributed by atoms with Crippen LogP contribution in [0.1, 0.15) is 52.3 Å². The van der Waals surface area contributed by atoms with Crippen molar-refractivity contribution in [3.05, 3.63) is 28.9 Å². The Kier molecular flexibility index (Phi) is 6.14. The fourth-order valence-corrected chi connectivity index (χ4v) is 3.30. The van der Waals surface area contributed by atoms with Crippen LogP contribution in [0.3, 0.4) is 0 Å². The number of rotatable bonds is 7. The Morgan fingerprint density at radius 2 is 1.86 bits per heavy atom. The van der Waals surface area contributed by atoms with Crippen molar-refractivity contribution in [2.45, 2.75) is 52.7 Å². The first-order valence-corrected chi connectivity index (χ1v) is 10.1. The molecule has 0 saturated heterocycles. The van der Waals surface area contributed by atoms with Crippen molar-refractivity contribution in [2.24, 2.45) is 0 Å². The van der Waals surface area contributed by atoms with Gasteiger partial charge in [0, 0.05) is 29.0 Å². The summed E-state index contributed by atoms with van der Waals surface area (Å²) < 4.78 is 1.93. The first-order valence-electron chi connectivity index (χ1n) is 9.70. The first-order chi connectivity index (χ1) is 13.7. The number of nitrogens with two attached hydrogens (primary N) is 1. The Labute approximate surface area is 175 Å². The summed E-state index contributed by atoms with van der Waals surface area (Å²) in [6, 6.07) is 5.39. The number of nitrogens with one attached hydrogen (secondary N) is 2. The highest BCUT2D eigenvalue weighted by Crippen LogP contribution is 2.33. The molecule has 0 saturated carbocycles. The van der Waals surface area contributed by atoms with Crippen molar-refractivity contribution < 1.29 is 5.11 Å². The number of hydrogen-bond donors (Lipinski definition) is 4. The predicted molar refractivity (Wildman–Crippen MR) is 119 cm³/mol. The lowest BCUT2D eigenvalue weighted by Gasteiger charge is -2.14. The number of hydrogen-bond acceptors (Lipinski definition) is 7. The molecule has 0 spiro atoms. The molecule has 29 heavy (non-hydrogen) atoms. The van der Waals surface area contributed by atoms with E-state index in [0.29, 0.717) is 29.0 Å². The summed E-state index contributed by atoms with van der Waals surface area (Å²) in [5.74, 6) is 1.20. The van der Waals surface area contributed by atoms with Gasteiger partial charge in [-0.05, 0) is 44.9 Å². The molecule has 5 N–H and O–H groups in total. The number of fused-ring (bicyclic) bond motifs is 1. The number of aromatic nitrogens is 4. The summed E-state index contributed by atoms with van der Waals surface area (Å²) in [4.78, 5) is 9.36. The summed E-state index contributed by atoms with van der Waals surface area (Å²) in [6.45, 7) is 10.3. The maximum absolute atomic E-state index is 9.63. The molecule has 0 aliphatic heterocycles. The van der Waals surface area contributed by atoms with Crippen molar-refractivity contribution in [3.8, 4) is 0 Å². The molecule has 9 heteroatoms. The molecule has 3 rings (SSSR count). The number of benzene rings is 1. The van der Waals surface area contributed by atoms with Crippen LogP contribution in [0.25, 0.3) is 11.0 Å². The smallest absolute Gasteiger partial charge is 0.225 e. The highest BCUT2D eigenvalue weighted by Gasteiger charge is 2.22. The molecule has 156 valence electrons. The van der Waals surface area contributed by atoms with Crippen molar-refractivity contribution in [2.75, 3.05) is 22.9 Å². The van der Waals surface area contributed by atoms with Crippen LogP contribution < -0.4 is 16.4 Å². The quantitative estimate of drug-likeness (QED) is 0.423. The molecular formula is C20H28ClN7O. The summed E-state index contributed by atoms with van der Waals surface area (Å²) in [5.41, 5.74) is 9.69. The van der Waals surface area contributed by atoms with Gasteiger partial charge >= 0.3 is 0 Å². The number of aliphatic hydroxyl groups is 1. The second-order valence-corrected chi connectivity index (χ2v) is 8.24. The van der Waals surface area contributed by atoms with Gasteiger partial charge in [0.2, 0.25) is 5.95 Å². The van der Waals surface area contributed by atoms with Crippen LogP contribution in [0.15, 0.2) is 18.2 Å². The number of anilines is 4. The lowest BCUT2D eigenvalue weighted by atomic mass is 10.1. The summed E-state index contributed by atoms with van der Waals surface area (Å²) in [5, 5.41) is 21.4. The van der Waals surface area contributed by atoms with Gasteiger partial charge in [0.15, 0.2) is 5.82 Å². The zero-order valence-corrected chi connectivity index (χ0v) is 18.1. The second-order valence-electron chi connectivity index (χ2n) is 7.80. The normalized spacial score (nSPS) is 12.7. The van der Waals surface area contributed by atoms with Gasteiger partial charge in [-0.2, -0.15) is 10.1 Å². The number of aliphatic hydroxyl groups excluding tert-OH is 1. The van der Waals surface area contributed by atoms with Gasteiger partial charge in [-0.1, -0.05) is 25.4 Å². The molecule has 3 aromatic rings. The van der Waals surface area contributed by atoms with Crippen LogP contribution in [0.4, 0.5) is 23.1 Å². The van der Waals surface area contributed by atoms with Gasteiger partial charge in [-0.3, -0.25) is 4.68 Å². The van der Waals surface area contributed by atoms with Crippen molar-refractivity contribution in [3.63, 3.8) is 0 Å². The van der Waals surface area contributed by atoms with E-state index in [4.69, 9.17) is 27.4 Å². The largest absolute Gasteiger partial charge is 0.399 e. The SMILES string of the molecule is CC(O)CNc1nc(Nc2cc(N)cc(Cl)c2)c2c(n1)c(C(C)C)nn2C(C)C. The molecule has 1 aromatic carbocycles. The third-order valence-corrected chi connectivity index (χ3v) is 4.56. The predicted octanol–water partition coefficient (Wildman–Crippen LogP) is 4.30. The third-order valence-electron chi connectivity index (χ3n) is 4.35. The Balaban J connectivity index is 2.20. The van der Waals surface area contributed by atoms with E-state index in [9.17, 15) is 5.11 Å². The molecule has 0 fully saturated rings. The topological polar surface area (TPSA) is 114 Å². The highest BCUT2D eigenvalue weighted by atomic mass is 35.5. The average Bonchev–Trinajstić information content (AvgIpc) is 2.99. The maximum atomic E-state index is 9.63. The molecule has 0 radical (unpaired) electrons. The fraction of sp³-hybridized carbons (Fsp3) is 0.450. The van der Waals surface area contributed by atoms with Gasteiger partial charge in [0.1, 0.15) is 11.0 Å². The second kappa shape index (κ2) is 8.42.